The molecule has 0 aliphatic heterocycles. The molecule has 70 valence electrons. The van der Waals surface area contributed by atoms with Gasteiger partial charge in [-0.25, -0.2) is 0 Å². The second-order valence-corrected chi connectivity index (χ2v) is 3.88. The Hall–Kier alpha value is -0.570. The van der Waals surface area contributed by atoms with Gasteiger partial charge < -0.3 is 10.0 Å². The van der Waals surface area contributed by atoms with Gasteiger partial charge in [0.1, 0.15) is 0 Å². The summed E-state index contributed by atoms with van der Waals surface area (Å²) in [4.78, 5) is 13.2. The highest BCUT2D eigenvalue weighted by Crippen LogP contribution is 2.25. The molecule has 3 nitrogen and oxygen atoms in total. The maximum Gasteiger partial charge on any atom is 0.225 e. The summed E-state index contributed by atoms with van der Waals surface area (Å²) in [7, 11) is 1.82. The third kappa shape index (κ3) is 1.78. The lowest BCUT2D eigenvalue weighted by Gasteiger charge is -2.39. The maximum absolute atomic E-state index is 11.4. The molecule has 0 spiro atoms. The minimum Gasteiger partial charge on any atom is -0.393 e. The Morgan fingerprint density at radius 2 is 2.00 bits per heavy atom. The van der Waals surface area contributed by atoms with Crippen molar-refractivity contribution < 1.29 is 9.90 Å². The van der Waals surface area contributed by atoms with Crippen LogP contribution in [0, 0.1) is 5.92 Å². The van der Waals surface area contributed by atoms with Crippen molar-refractivity contribution in [3.63, 3.8) is 0 Å². The van der Waals surface area contributed by atoms with Crippen LogP contribution in [-0.2, 0) is 4.79 Å². The van der Waals surface area contributed by atoms with Crippen molar-refractivity contribution in [1.82, 2.24) is 4.90 Å². The predicted molar refractivity (Wildman–Crippen MR) is 46.6 cm³/mol. The highest BCUT2D eigenvalue weighted by molar-refractivity contribution is 5.78. The van der Waals surface area contributed by atoms with Crippen molar-refractivity contribution in [2.75, 3.05) is 7.05 Å². The van der Waals surface area contributed by atoms with E-state index in [0.29, 0.717) is 0 Å². The van der Waals surface area contributed by atoms with E-state index in [-0.39, 0.29) is 24.0 Å². The van der Waals surface area contributed by atoms with E-state index in [4.69, 9.17) is 5.11 Å². The van der Waals surface area contributed by atoms with Crippen LogP contribution in [0.2, 0.25) is 0 Å². The van der Waals surface area contributed by atoms with Crippen LogP contribution in [0.3, 0.4) is 0 Å². The smallest absolute Gasteiger partial charge is 0.225 e. The molecule has 1 fully saturated rings. The number of nitrogens with zero attached hydrogens (tertiary/aromatic N) is 1. The van der Waals surface area contributed by atoms with Gasteiger partial charge in [0.25, 0.3) is 0 Å². The molecular weight excluding hydrogens is 154 g/mol. The first-order valence-corrected chi connectivity index (χ1v) is 4.47. The molecule has 1 aliphatic carbocycles. The van der Waals surface area contributed by atoms with Gasteiger partial charge in [-0.15, -0.1) is 0 Å². The van der Waals surface area contributed by atoms with Gasteiger partial charge in [0.05, 0.1) is 6.10 Å². The molecule has 1 aliphatic rings. The highest BCUT2D eigenvalue weighted by atomic mass is 16.3. The van der Waals surface area contributed by atoms with Crippen LogP contribution in [0.4, 0.5) is 0 Å². The molecule has 12 heavy (non-hydrogen) atoms. The SMILES string of the molecule is CC(C)C(=O)N(C)C1CC(O)C1. The molecule has 1 amide bonds. The second kappa shape index (κ2) is 3.44. The lowest BCUT2D eigenvalue weighted by atomic mass is 9.88. The van der Waals surface area contributed by atoms with E-state index in [9.17, 15) is 4.79 Å². The first-order valence-electron chi connectivity index (χ1n) is 4.47. The van der Waals surface area contributed by atoms with Crippen LogP contribution in [0.25, 0.3) is 0 Å². The molecule has 0 unspecified atom stereocenters. The van der Waals surface area contributed by atoms with E-state index in [2.05, 4.69) is 0 Å². The zero-order chi connectivity index (χ0) is 9.30. The Morgan fingerprint density at radius 3 is 2.33 bits per heavy atom. The molecule has 0 aromatic carbocycles. The molecule has 0 bridgehead atoms. The summed E-state index contributed by atoms with van der Waals surface area (Å²) in [5.41, 5.74) is 0. The van der Waals surface area contributed by atoms with Gasteiger partial charge in [-0.05, 0) is 12.8 Å². The zero-order valence-corrected chi connectivity index (χ0v) is 7.95. The fourth-order valence-corrected chi connectivity index (χ4v) is 1.46. The minimum atomic E-state index is -0.183. The Bertz CT molecular complexity index is 173. The Labute approximate surface area is 73.4 Å². The zero-order valence-electron chi connectivity index (χ0n) is 7.95. The van der Waals surface area contributed by atoms with Crippen LogP contribution in [0.15, 0.2) is 0 Å². The van der Waals surface area contributed by atoms with Crippen LogP contribution in [0.1, 0.15) is 26.7 Å². The molecular formula is C9H17NO2. The summed E-state index contributed by atoms with van der Waals surface area (Å²) in [6, 6.07) is 0.273. The number of aliphatic hydroxyl groups excluding tert-OH is 1. The van der Waals surface area contributed by atoms with Crippen molar-refractivity contribution >= 4 is 5.91 Å². The molecule has 1 rings (SSSR count). The average Bonchev–Trinajstić information content (AvgIpc) is 1.95. The number of amides is 1. The Balaban J connectivity index is 2.38. The van der Waals surface area contributed by atoms with E-state index in [1.807, 2.05) is 20.9 Å². The van der Waals surface area contributed by atoms with Gasteiger partial charge in [0.2, 0.25) is 5.91 Å². The van der Waals surface area contributed by atoms with Crippen LogP contribution < -0.4 is 0 Å². The van der Waals surface area contributed by atoms with Gasteiger partial charge in [0, 0.05) is 19.0 Å². The van der Waals surface area contributed by atoms with E-state index >= 15 is 0 Å². The Morgan fingerprint density at radius 1 is 1.50 bits per heavy atom. The van der Waals surface area contributed by atoms with Crippen molar-refractivity contribution in [2.24, 2.45) is 5.92 Å². The quantitative estimate of drug-likeness (QED) is 0.661. The van der Waals surface area contributed by atoms with Gasteiger partial charge in [-0.1, -0.05) is 13.8 Å². The lowest BCUT2D eigenvalue weighted by Crippen LogP contribution is -2.48. The van der Waals surface area contributed by atoms with E-state index < -0.39 is 0 Å². The van der Waals surface area contributed by atoms with Crippen molar-refractivity contribution in [3.8, 4) is 0 Å². The van der Waals surface area contributed by atoms with Crippen molar-refractivity contribution in [3.05, 3.63) is 0 Å². The molecule has 0 aromatic rings. The number of carbonyl (C=O) groups excluding carboxylic acids is 1. The summed E-state index contributed by atoms with van der Waals surface area (Å²) < 4.78 is 0. The van der Waals surface area contributed by atoms with E-state index in [0.717, 1.165) is 12.8 Å². The number of hydrogen-bond acceptors (Lipinski definition) is 2. The molecule has 0 heterocycles. The molecule has 0 aromatic heterocycles. The number of carbonyl (C=O) groups is 1. The fraction of sp³-hybridized carbons (Fsp3) is 0.889. The topological polar surface area (TPSA) is 40.5 Å². The summed E-state index contributed by atoms with van der Waals surface area (Å²) in [5, 5.41) is 9.05. The third-order valence-electron chi connectivity index (χ3n) is 2.48. The first-order chi connectivity index (χ1) is 5.52. The molecule has 0 atom stereocenters. The second-order valence-electron chi connectivity index (χ2n) is 3.88. The van der Waals surface area contributed by atoms with Gasteiger partial charge in [-0.2, -0.15) is 0 Å². The monoisotopic (exact) mass is 171 g/mol. The van der Waals surface area contributed by atoms with Crippen molar-refractivity contribution in [2.45, 2.75) is 38.8 Å². The summed E-state index contributed by atoms with van der Waals surface area (Å²) >= 11 is 0. The Kier molecular flexibility index (Phi) is 2.73. The van der Waals surface area contributed by atoms with Crippen LogP contribution in [-0.4, -0.2) is 35.1 Å². The predicted octanol–water partition coefficient (Wildman–Crippen LogP) is 0.624. The van der Waals surface area contributed by atoms with Gasteiger partial charge in [0.15, 0.2) is 0 Å². The van der Waals surface area contributed by atoms with Gasteiger partial charge in [-0.3, -0.25) is 4.79 Å². The van der Waals surface area contributed by atoms with E-state index in [1.54, 1.807) is 4.90 Å². The van der Waals surface area contributed by atoms with Crippen LogP contribution in [0.5, 0.6) is 0 Å². The standard InChI is InChI=1S/C9H17NO2/c1-6(2)9(12)10(3)7-4-8(11)5-7/h6-8,11H,4-5H2,1-3H3. The third-order valence-corrected chi connectivity index (χ3v) is 2.48. The number of rotatable bonds is 2. The number of hydrogen-bond donors (Lipinski definition) is 1. The summed E-state index contributed by atoms with van der Waals surface area (Å²) in [5.74, 6) is 0.236. The minimum absolute atomic E-state index is 0.0627. The molecule has 1 N–H and O–H groups in total. The average molecular weight is 171 g/mol. The molecule has 0 saturated heterocycles. The van der Waals surface area contributed by atoms with Crippen LogP contribution >= 0.6 is 0 Å². The van der Waals surface area contributed by atoms with Gasteiger partial charge >= 0.3 is 0 Å². The normalized spacial score (nSPS) is 28.4. The molecule has 1 saturated carbocycles. The largest absolute Gasteiger partial charge is 0.393 e. The fourth-order valence-electron chi connectivity index (χ4n) is 1.46. The maximum atomic E-state index is 11.4. The first kappa shape index (κ1) is 9.52. The number of aliphatic hydroxyl groups is 1. The summed E-state index contributed by atoms with van der Waals surface area (Å²) in [6.07, 6.45) is 1.31. The highest BCUT2D eigenvalue weighted by Gasteiger charge is 2.33. The molecule has 0 radical (unpaired) electrons. The molecule has 3 heteroatoms. The van der Waals surface area contributed by atoms with E-state index in [1.165, 1.54) is 0 Å². The lowest BCUT2D eigenvalue weighted by molar-refractivity contribution is -0.139. The van der Waals surface area contributed by atoms with Crippen molar-refractivity contribution in [1.29, 1.82) is 0 Å². The summed E-state index contributed by atoms with van der Waals surface area (Å²) in [6.45, 7) is 3.79.